The third-order valence-corrected chi connectivity index (χ3v) is 6.14. The number of rotatable bonds is 4. The van der Waals surface area contributed by atoms with Crippen molar-refractivity contribution in [1.82, 2.24) is 10.3 Å². The Bertz CT molecular complexity index is 862. The average molecular weight is 370 g/mol. The van der Waals surface area contributed by atoms with E-state index in [-0.39, 0.29) is 23.7 Å². The summed E-state index contributed by atoms with van der Waals surface area (Å²) >= 11 is 0. The summed E-state index contributed by atoms with van der Waals surface area (Å²) in [7, 11) is 0. The maximum Gasteiger partial charge on any atom is 0.253 e. The Morgan fingerprint density at radius 1 is 1.15 bits per heavy atom. The third kappa shape index (κ3) is 3.98. The van der Waals surface area contributed by atoms with Gasteiger partial charge in [0, 0.05) is 17.6 Å². The van der Waals surface area contributed by atoms with Crippen LogP contribution in [0.4, 0.5) is 4.39 Å². The van der Waals surface area contributed by atoms with Crippen molar-refractivity contribution >= 4 is 16.8 Å². The van der Waals surface area contributed by atoms with Gasteiger partial charge >= 0.3 is 0 Å². The number of carbonyl (C=O) groups is 1. The predicted molar refractivity (Wildman–Crippen MR) is 103 cm³/mol. The van der Waals surface area contributed by atoms with Crippen LogP contribution in [-0.2, 0) is 0 Å². The maximum atomic E-state index is 14.3. The molecule has 5 heteroatoms. The molecule has 1 aromatic carbocycles. The molecule has 0 aliphatic heterocycles. The normalized spacial score (nSPS) is 23.4. The van der Waals surface area contributed by atoms with Crippen molar-refractivity contribution in [2.45, 2.75) is 69.9 Å². The molecule has 144 valence electrons. The molecular formula is C22H27FN2O2. The van der Waals surface area contributed by atoms with E-state index < -0.39 is 5.60 Å². The highest BCUT2D eigenvalue weighted by Crippen LogP contribution is 2.42. The Hall–Kier alpha value is -2.01. The van der Waals surface area contributed by atoms with Gasteiger partial charge in [0.25, 0.3) is 5.91 Å². The first-order valence-corrected chi connectivity index (χ1v) is 9.93. The fourth-order valence-electron chi connectivity index (χ4n) is 4.21. The Morgan fingerprint density at radius 2 is 1.85 bits per heavy atom. The van der Waals surface area contributed by atoms with E-state index in [1.54, 1.807) is 12.3 Å². The number of nitrogens with zero attached hydrogens (tertiary/aromatic N) is 1. The summed E-state index contributed by atoms with van der Waals surface area (Å²) in [6, 6.07) is 5.16. The molecule has 2 fully saturated rings. The van der Waals surface area contributed by atoms with Crippen LogP contribution in [0.3, 0.4) is 0 Å². The molecule has 2 aliphatic carbocycles. The van der Waals surface area contributed by atoms with Crippen molar-refractivity contribution in [2.75, 3.05) is 0 Å². The zero-order chi connectivity index (χ0) is 19.2. The van der Waals surface area contributed by atoms with Crippen molar-refractivity contribution < 1.29 is 14.3 Å². The van der Waals surface area contributed by atoms with Gasteiger partial charge in [0.15, 0.2) is 0 Å². The first-order valence-electron chi connectivity index (χ1n) is 9.93. The van der Waals surface area contributed by atoms with E-state index in [1.807, 2.05) is 19.9 Å². The summed E-state index contributed by atoms with van der Waals surface area (Å²) in [5.74, 6) is 0.243. The van der Waals surface area contributed by atoms with Gasteiger partial charge in [-0.25, -0.2) is 4.39 Å². The van der Waals surface area contributed by atoms with E-state index in [1.165, 1.54) is 6.07 Å². The highest BCUT2D eigenvalue weighted by Gasteiger charge is 2.32. The molecule has 1 aromatic heterocycles. The quantitative estimate of drug-likeness (QED) is 0.843. The molecule has 1 amide bonds. The highest BCUT2D eigenvalue weighted by molar-refractivity contribution is 5.97. The van der Waals surface area contributed by atoms with Crippen LogP contribution in [-0.4, -0.2) is 27.6 Å². The second-order valence-corrected chi connectivity index (χ2v) is 8.74. The number of aliphatic hydroxyl groups is 1. The number of halogens is 1. The van der Waals surface area contributed by atoms with Crippen molar-refractivity contribution in [1.29, 1.82) is 0 Å². The second kappa shape index (κ2) is 6.86. The van der Waals surface area contributed by atoms with Gasteiger partial charge in [0.2, 0.25) is 0 Å². The Balaban J connectivity index is 1.44. The van der Waals surface area contributed by atoms with E-state index in [0.717, 1.165) is 49.6 Å². The molecule has 4 nitrogen and oxygen atoms in total. The average Bonchev–Trinajstić information content (AvgIpc) is 3.45. The van der Waals surface area contributed by atoms with E-state index in [9.17, 15) is 14.3 Å². The molecular weight excluding hydrogens is 343 g/mol. The number of nitrogens with one attached hydrogen (secondary N) is 1. The van der Waals surface area contributed by atoms with Gasteiger partial charge in [0.1, 0.15) is 5.82 Å². The lowest BCUT2D eigenvalue weighted by Gasteiger charge is -2.36. The number of aromatic nitrogens is 1. The number of carbonyl (C=O) groups excluding carboxylic acids is 1. The Labute approximate surface area is 159 Å². The maximum absolute atomic E-state index is 14.3. The molecule has 0 atom stereocenters. The molecule has 2 aromatic rings. The van der Waals surface area contributed by atoms with Crippen molar-refractivity contribution in [3.05, 3.63) is 41.3 Å². The number of hydrogen-bond donors (Lipinski definition) is 2. The lowest BCUT2D eigenvalue weighted by atomic mass is 9.77. The van der Waals surface area contributed by atoms with E-state index in [4.69, 9.17) is 0 Å². The SMILES string of the molecule is CC(C)(O)[C@H]1CC[C@H](NC(=O)c2cnc3cc(C4CC4)c(F)cc3c2)CC1. The fraction of sp³-hybridized carbons (Fsp3) is 0.545. The molecule has 1 heterocycles. The minimum absolute atomic E-state index is 0.112. The molecule has 4 rings (SSSR count). The fourth-order valence-corrected chi connectivity index (χ4v) is 4.21. The Kier molecular flexibility index (Phi) is 4.66. The zero-order valence-corrected chi connectivity index (χ0v) is 16.0. The molecule has 27 heavy (non-hydrogen) atoms. The molecule has 0 unspecified atom stereocenters. The topological polar surface area (TPSA) is 62.2 Å². The van der Waals surface area contributed by atoms with E-state index in [2.05, 4.69) is 10.3 Å². The molecule has 2 N–H and O–H groups in total. The third-order valence-electron chi connectivity index (χ3n) is 6.14. The number of hydrogen-bond acceptors (Lipinski definition) is 3. The number of benzene rings is 1. The van der Waals surface area contributed by atoms with Crippen LogP contribution < -0.4 is 5.32 Å². The summed E-state index contributed by atoms with van der Waals surface area (Å²) in [5, 5.41) is 13.9. The van der Waals surface area contributed by atoms with Gasteiger partial charge in [-0.15, -0.1) is 0 Å². The number of pyridine rings is 1. The second-order valence-electron chi connectivity index (χ2n) is 8.74. The summed E-state index contributed by atoms with van der Waals surface area (Å²) < 4.78 is 14.3. The summed E-state index contributed by atoms with van der Waals surface area (Å²) in [5.41, 5.74) is 1.28. The van der Waals surface area contributed by atoms with Crippen LogP contribution in [0.15, 0.2) is 24.4 Å². The summed E-state index contributed by atoms with van der Waals surface area (Å²) in [4.78, 5) is 17.0. The minimum atomic E-state index is -0.666. The molecule has 0 saturated heterocycles. The first kappa shape index (κ1) is 18.4. The molecule has 2 saturated carbocycles. The van der Waals surface area contributed by atoms with E-state index >= 15 is 0 Å². The highest BCUT2D eigenvalue weighted by atomic mass is 19.1. The first-order chi connectivity index (χ1) is 12.8. The van der Waals surface area contributed by atoms with Gasteiger partial charge in [-0.2, -0.15) is 0 Å². The summed E-state index contributed by atoms with van der Waals surface area (Å²) in [6.07, 6.45) is 7.19. The van der Waals surface area contributed by atoms with Gasteiger partial charge in [-0.1, -0.05) is 0 Å². The van der Waals surface area contributed by atoms with Gasteiger partial charge in [0.05, 0.1) is 16.7 Å². The van der Waals surface area contributed by atoms with E-state index in [0.29, 0.717) is 16.9 Å². The molecule has 0 bridgehead atoms. The van der Waals surface area contributed by atoms with Crippen LogP contribution in [0.5, 0.6) is 0 Å². The van der Waals surface area contributed by atoms with Crippen molar-refractivity contribution in [3.8, 4) is 0 Å². The summed E-state index contributed by atoms with van der Waals surface area (Å²) in [6.45, 7) is 3.70. The van der Waals surface area contributed by atoms with Gasteiger partial charge < -0.3 is 10.4 Å². The van der Waals surface area contributed by atoms with Gasteiger partial charge in [-0.05, 0) is 88.0 Å². The number of amides is 1. The molecule has 0 spiro atoms. The predicted octanol–water partition coefficient (Wildman–Crippen LogP) is 4.31. The zero-order valence-electron chi connectivity index (χ0n) is 16.0. The smallest absolute Gasteiger partial charge is 0.253 e. The number of fused-ring (bicyclic) bond motifs is 1. The standard InChI is InChI=1S/C22H27FN2O2/c1-22(2,27)16-5-7-17(8-6-16)25-21(26)15-9-14-10-19(23)18(13-3-4-13)11-20(14)24-12-15/h9-13,16-17,27H,3-8H2,1-2H3,(H,25,26)/t16-,17-. The largest absolute Gasteiger partial charge is 0.390 e. The lowest BCUT2D eigenvalue weighted by Crippen LogP contribution is -2.41. The van der Waals surface area contributed by atoms with Gasteiger partial charge in [-0.3, -0.25) is 9.78 Å². The van der Waals surface area contributed by atoms with Crippen LogP contribution in [0.2, 0.25) is 0 Å². The van der Waals surface area contributed by atoms with Crippen LogP contribution in [0, 0.1) is 11.7 Å². The molecule has 2 aliphatic rings. The van der Waals surface area contributed by atoms with Crippen LogP contribution in [0.25, 0.3) is 10.9 Å². The van der Waals surface area contributed by atoms with Crippen LogP contribution in [0.1, 0.15) is 74.2 Å². The Morgan fingerprint density at radius 3 is 2.48 bits per heavy atom. The monoisotopic (exact) mass is 370 g/mol. The minimum Gasteiger partial charge on any atom is -0.390 e. The lowest BCUT2D eigenvalue weighted by molar-refractivity contribution is -0.00257. The van der Waals surface area contributed by atoms with Crippen LogP contribution >= 0.6 is 0 Å². The van der Waals surface area contributed by atoms with Crippen molar-refractivity contribution in [3.63, 3.8) is 0 Å². The molecule has 0 radical (unpaired) electrons. The van der Waals surface area contributed by atoms with Crippen molar-refractivity contribution in [2.24, 2.45) is 5.92 Å².